The Morgan fingerprint density at radius 2 is 1.71 bits per heavy atom. The Kier molecular flexibility index (Phi) is 3.72. The van der Waals surface area contributed by atoms with Crippen LogP contribution in [-0.2, 0) is 11.2 Å². The van der Waals surface area contributed by atoms with E-state index in [1.165, 1.54) is 0 Å². The average molecular weight is 340 g/mol. The summed E-state index contributed by atoms with van der Waals surface area (Å²) in [6.07, 6.45) is 0.449. The van der Waals surface area contributed by atoms with Crippen molar-refractivity contribution < 1.29 is 4.79 Å². The van der Waals surface area contributed by atoms with Crippen LogP contribution >= 0.6 is 22.6 Å². The van der Waals surface area contributed by atoms with Gasteiger partial charge in [-0.2, -0.15) is 0 Å². The van der Waals surface area contributed by atoms with Crippen LogP contribution in [0.4, 0.5) is 0 Å². The normalized spacial score (nSPS) is 10.2. The van der Waals surface area contributed by atoms with Crippen LogP contribution in [0.1, 0.15) is 12.5 Å². The number of hydrogen-bond donors (Lipinski definition) is 0. The van der Waals surface area contributed by atoms with Gasteiger partial charge in [0.1, 0.15) is 5.78 Å². The maximum atomic E-state index is 11.0. The molecule has 1 aromatic carbocycles. The predicted octanol–water partition coefficient (Wildman–Crippen LogP) is 1.67. The number of nitrogens with zero attached hydrogens (tertiary/aromatic N) is 4. The van der Waals surface area contributed by atoms with E-state index in [9.17, 15) is 4.79 Å². The minimum absolute atomic E-state index is 0.145. The number of benzene rings is 1. The fourth-order valence-electron chi connectivity index (χ4n) is 1.39. The maximum Gasteiger partial charge on any atom is 0.232 e. The van der Waals surface area contributed by atoms with Crippen LogP contribution in [-0.4, -0.2) is 26.2 Å². The first-order valence-corrected chi connectivity index (χ1v) is 6.04. The van der Waals surface area contributed by atoms with Crippen molar-refractivity contribution in [3.8, 4) is 11.4 Å². The predicted molar refractivity (Wildman–Crippen MR) is 70.2 cm³/mol. The largest absolute Gasteiger partial charge is 0.300 e. The lowest BCUT2D eigenvalue weighted by atomic mass is 10.1. The lowest BCUT2D eigenvalue weighted by molar-refractivity contribution is -0.116. The summed E-state index contributed by atoms with van der Waals surface area (Å²) in [4.78, 5) is 11.0. The average Bonchev–Trinajstić information content (AvgIpc) is 2.30. The highest BCUT2D eigenvalue weighted by molar-refractivity contribution is 14.1. The first-order chi connectivity index (χ1) is 8.15. The molecular weight excluding hydrogens is 331 g/mol. The fraction of sp³-hybridized carbons (Fsp3) is 0.182. The van der Waals surface area contributed by atoms with Gasteiger partial charge in [-0.25, -0.2) is 0 Å². The first kappa shape index (κ1) is 12.0. The quantitative estimate of drug-likeness (QED) is 0.795. The Morgan fingerprint density at radius 1 is 1.12 bits per heavy atom. The maximum absolute atomic E-state index is 11.0. The van der Waals surface area contributed by atoms with Crippen molar-refractivity contribution in [3.05, 3.63) is 33.7 Å². The number of carbonyl (C=O) groups excluding carboxylic acids is 1. The van der Waals surface area contributed by atoms with Crippen molar-refractivity contribution in [1.29, 1.82) is 0 Å². The third-order valence-corrected chi connectivity index (χ3v) is 2.55. The third-order valence-electron chi connectivity index (χ3n) is 2.12. The highest BCUT2D eigenvalue weighted by Gasteiger charge is 2.04. The van der Waals surface area contributed by atoms with Gasteiger partial charge in [0.15, 0.2) is 0 Å². The molecule has 5 nitrogen and oxygen atoms in total. The van der Waals surface area contributed by atoms with E-state index in [4.69, 9.17) is 0 Å². The van der Waals surface area contributed by atoms with Gasteiger partial charge in [0.2, 0.25) is 9.66 Å². The van der Waals surface area contributed by atoms with Crippen molar-refractivity contribution in [1.82, 2.24) is 20.4 Å². The molecule has 0 bridgehead atoms. The van der Waals surface area contributed by atoms with E-state index in [1.807, 2.05) is 46.9 Å². The van der Waals surface area contributed by atoms with Gasteiger partial charge in [0, 0.05) is 34.6 Å². The van der Waals surface area contributed by atoms with E-state index in [2.05, 4.69) is 20.4 Å². The number of ketones is 1. The smallest absolute Gasteiger partial charge is 0.232 e. The topological polar surface area (TPSA) is 68.6 Å². The molecule has 0 saturated carbocycles. The zero-order chi connectivity index (χ0) is 12.3. The molecule has 17 heavy (non-hydrogen) atoms. The highest BCUT2D eigenvalue weighted by Crippen LogP contribution is 2.14. The van der Waals surface area contributed by atoms with Crippen LogP contribution in [0.15, 0.2) is 24.3 Å². The molecule has 0 fully saturated rings. The van der Waals surface area contributed by atoms with Crippen molar-refractivity contribution in [2.45, 2.75) is 13.3 Å². The van der Waals surface area contributed by atoms with Crippen LogP contribution in [0.25, 0.3) is 11.4 Å². The van der Waals surface area contributed by atoms with Crippen LogP contribution in [0, 0.1) is 3.83 Å². The molecule has 0 spiro atoms. The molecule has 0 aliphatic carbocycles. The summed E-state index contributed by atoms with van der Waals surface area (Å²) in [5, 5.41) is 15.6. The molecule has 6 heteroatoms. The van der Waals surface area contributed by atoms with E-state index < -0.39 is 0 Å². The summed E-state index contributed by atoms with van der Waals surface area (Å²) in [5.41, 5.74) is 1.82. The molecule has 0 aliphatic rings. The number of halogens is 1. The SMILES string of the molecule is CC(=O)Cc1ccc(-c2nnc(I)nn2)cc1. The molecular formula is C11H9IN4O. The van der Waals surface area contributed by atoms with Crippen LogP contribution < -0.4 is 0 Å². The van der Waals surface area contributed by atoms with E-state index in [0.29, 0.717) is 16.1 Å². The Labute approximate surface area is 112 Å². The molecule has 0 atom stereocenters. The van der Waals surface area contributed by atoms with E-state index >= 15 is 0 Å². The monoisotopic (exact) mass is 340 g/mol. The molecule has 0 saturated heterocycles. The van der Waals surface area contributed by atoms with Gasteiger partial charge in [-0.15, -0.1) is 20.4 Å². The molecule has 1 aromatic heterocycles. The second-order valence-electron chi connectivity index (χ2n) is 3.57. The summed E-state index contributed by atoms with van der Waals surface area (Å²) in [6.45, 7) is 1.57. The number of hydrogen-bond acceptors (Lipinski definition) is 5. The fourth-order valence-corrected chi connectivity index (χ4v) is 1.61. The first-order valence-electron chi connectivity index (χ1n) is 4.97. The molecule has 0 radical (unpaired) electrons. The van der Waals surface area contributed by atoms with Gasteiger partial charge in [-0.3, -0.25) is 4.79 Å². The number of rotatable bonds is 3. The van der Waals surface area contributed by atoms with Gasteiger partial charge in [-0.05, 0) is 12.5 Å². The Balaban J connectivity index is 2.23. The summed E-state index contributed by atoms with van der Waals surface area (Å²) >= 11 is 1.95. The minimum atomic E-state index is 0.145. The van der Waals surface area contributed by atoms with Gasteiger partial charge < -0.3 is 0 Å². The Morgan fingerprint density at radius 3 is 2.24 bits per heavy atom. The van der Waals surface area contributed by atoms with Crippen molar-refractivity contribution in [2.75, 3.05) is 0 Å². The van der Waals surface area contributed by atoms with Crippen molar-refractivity contribution >= 4 is 28.4 Å². The summed E-state index contributed by atoms with van der Waals surface area (Å²) in [5.74, 6) is 0.631. The van der Waals surface area contributed by atoms with E-state index in [-0.39, 0.29) is 5.78 Å². The second-order valence-corrected chi connectivity index (χ2v) is 4.53. The van der Waals surface area contributed by atoms with E-state index in [1.54, 1.807) is 6.92 Å². The van der Waals surface area contributed by atoms with Crippen LogP contribution in [0.3, 0.4) is 0 Å². The Bertz CT molecular complexity index is 524. The van der Waals surface area contributed by atoms with Gasteiger partial charge >= 0.3 is 0 Å². The summed E-state index contributed by atoms with van der Waals surface area (Å²) in [6, 6.07) is 7.50. The standard InChI is InChI=1S/C11H9IN4O/c1-7(17)6-8-2-4-9(5-3-8)10-13-15-11(12)16-14-10/h2-5H,6H2,1H3. The van der Waals surface area contributed by atoms with Crippen LogP contribution in [0.2, 0.25) is 0 Å². The van der Waals surface area contributed by atoms with Crippen LogP contribution in [0.5, 0.6) is 0 Å². The molecule has 0 unspecified atom stereocenters. The Hall–Kier alpha value is -1.44. The lowest BCUT2D eigenvalue weighted by Crippen LogP contribution is -1.99. The van der Waals surface area contributed by atoms with Crippen molar-refractivity contribution in [2.24, 2.45) is 0 Å². The van der Waals surface area contributed by atoms with Gasteiger partial charge in [-0.1, -0.05) is 24.3 Å². The number of aromatic nitrogens is 4. The molecule has 86 valence electrons. The summed E-state index contributed by atoms with van der Waals surface area (Å²) < 4.78 is 0.513. The molecule has 0 amide bonds. The zero-order valence-electron chi connectivity index (χ0n) is 9.09. The minimum Gasteiger partial charge on any atom is -0.300 e. The third kappa shape index (κ3) is 3.26. The highest BCUT2D eigenvalue weighted by atomic mass is 127. The van der Waals surface area contributed by atoms with E-state index in [0.717, 1.165) is 11.1 Å². The molecule has 0 aliphatic heterocycles. The molecule has 2 rings (SSSR count). The summed E-state index contributed by atoms with van der Waals surface area (Å²) in [7, 11) is 0. The molecule has 2 aromatic rings. The van der Waals surface area contributed by atoms with Gasteiger partial charge in [0.25, 0.3) is 0 Å². The second kappa shape index (κ2) is 5.26. The van der Waals surface area contributed by atoms with Gasteiger partial charge in [0.05, 0.1) is 0 Å². The number of Topliss-reactive ketones (excluding diaryl/α,β-unsaturated/α-hetero) is 1. The lowest BCUT2D eigenvalue weighted by Gasteiger charge is -2.00. The number of carbonyl (C=O) groups is 1. The van der Waals surface area contributed by atoms with Crippen molar-refractivity contribution in [3.63, 3.8) is 0 Å². The molecule has 0 N–H and O–H groups in total. The molecule has 1 heterocycles. The zero-order valence-corrected chi connectivity index (χ0v) is 11.2.